The van der Waals surface area contributed by atoms with Crippen LogP contribution in [0.5, 0.6) is 0 Å². The fraction of sp³-hybridized carbons (Fsp3) is 0.182. The van der Waals surface area contributed by atoms with Crippen LogP contribution < -0.4 is 5.73 Å². The van der Waals surface area contributed by atoms with Gasteiger partial charge >= 0.3 is 0 Å². The van der Waals surface area contributed by atoms with E-state index in [1.165, 1.54) is 0 Å². The number of H-pyrrole nitrogens is 1. The molecule has 14 heavy (non-hydrogen) atoms. The summed E-state index contributed by atoms with van der Waals surface area (Å²) in [5, 5.41) is 0. The second-order valence-electron chi connectivity index (χ2n) is 3.20. The van der Waals surface area contributed by atoms with E-state index < -0.39 is 0 Å². The molecule has 0 spiro atoms. The first-order chi connectivity index (χ1) is 6.92. The monoisotopic (exact) mass is 187 g/mol. The van der Waals surface area contributed by atoms with Crippen LogP contribution in [0.3, 0.4) is 0 Å². The zero-order valence-corrected chi connectivity index (χ0v) is 7.85. The molecular weight excluding hydrogens is 174 g/mol. The predicted octanol–water partition coefficient (Wildman–Crippen LogP) is 1.50. The topological polar surface area (TPSA) is 54.7 Å². The average Bonchev–Trinajstić information content (AvgIpc) is 2.74. The van der Waals surface area contributed by atoms with Crippen molar-refractivity contribution in [1.82, 2.24) is 9.97 Å². The Hall–Kier alpha value is -1.61. The maximum absolute atomic E-state index is 5.75. The van der Waals surface area contributed by atoms with Crippen molar-refractivity contribution in [3.05, 3.63) is 54.1 Å². The van der Waals surface area contributed by atoms with E-state index >= 15 is 0 Å². The third-order valence-electron chi connectivity index (χ3n) is 2.32. The summed E-state index contributed by atoms with van der Waals surface area (Å²) in [6.07, 6.45) is 5.54. The van der Waals surface area contributed by atoms with E-state index in [2.05, 4.69) is 9.97 Å². The van der Waals surface area contributed by atoms with Crippen molar-refractivity contribution in [1.29, 1.82) is 0 Å². The zero-order chi connectivity index (χ0) is 9.80. The van der Waals surface area contributed by atoms with Crippen molar-refractivity contribution in [3.8, 4) is 0 Å². The summed E-state index contributed by atoms with van der Waals surface area (Å²) in [5.41, 5.74) is 8.04. The van der Waals surface area contributed by atoms with Gasteiger partial charge in [0.25, 0.3) is 0 Å². The third-order valence-corrected chi connectivity index (χ3v) is 2.32. The van der Waals surface area contributed by atoms with Gasteiger partial charge in [0, 0.05) is 36.7 Å². The highest BCUT2D eigenvalue weighted by Gasteiger charge is 2.12. The Bertz CT molecular complexity index is 367. The van der Waals surface area contributed by atoms with Gasteiger partial charge in [-0.15, -0.1) is 0 Å². The number of nitrogens with two attached hydrogens (primary N) is 1. The van der Waals surface area contributed by atoms with E-state index in [0.29, 0.717) is 6.54 Å². The highest BCUT2D eigenvalue weighted by molar-refractivity contribution is 5.26. The second-order valence-corrected chi connectivity index (χ2v) is 3.20. The van der Waals surface area contributed by atoms with E-state index in [1.807, 2.05) is 36.7 Å². The predicted molar refractivity (Wildman–Crippen MR) is 55.9 cm³/mol. The summed E-state index contributed by atoms with van der Waals surface area (Å²) in [6.45, 7) is 0.589. The molecular formula is C11H13N3. The van der Waals surface area contributed by atoms with Crippen LogP contribution in [0.1, 0.15) is 17.2 Å². The van der Waals surface area contributed by atoms with Crippen molar-refractivity contribution in [2.24, 2.45) is 5.73 Å². The molecule has 2 aromatic heterocycles. The maximum atomic E-state index is 5.75. The van der Waals surface area contributed by atoms with Crippen LogP contribution in [0.4, 0.5) is 0 Å². The Morgan fingerprint density at radius 3 is 2.86 bits per heavy atom. The lowest BCUT2D eigenvalue weighted by Crippen LogP contribution is -2.14. The Balaban J connectivity index is 2.31. The average molecular weight is 187 g/mol. The minimum Gasteiger partial charge on any atom is -0.364 e. The van der Waals surface area contributed by atoms with Crippen molar-refractivity contribution in [2.45, 2.75) is 5.92 Å². The number of hydrogen-bond acceptors (Lipinski definition) is 2. The fourth-order valence-corrected chi connectivity index (χ4v) is 1.59. The third kappa shape index (κ3) is 1.67. The lowest BCUT2D eigenvalue weighted by molar-refractivity contribution is 0.790. The number of nitrogens with one attached hydrogen (secondary N) is 1. The van der Waals surface area contributed by atoms with Crippen molar-refractivity contribution in [2.75, 3.05) is 6.54 Å². The van der Waals surface area contributed by atoms with Crippen LogP contribution in [0.15, 0.2) is 42.9 Å². The molecule has 2 rings (SSSR count). The molecule has 0 saturated carbocycles. The molecule has 0 aliphatic rings. The van der Waals surface area contributed by atoms with Crippen LogP contribution in [-0.2, 0) is 0 Å². The first kappa shape index (κ1) is 8.97. The minimum atomic E-state index is 0.221. The maximum Gasteiger partial charge on any atom is 0.0378 e. The smallest absolute Gasteiger partial charge is 0.0378 e. The second kappa shape index (κ2) is 4.07. The molecule has 0 unspecified atom stereocenters. The standard InChI is InChI=1S/C11H13N3/c12-7-10(11-4-2-6-14-11)9-3-1-5-13-8-9/h1-6,8,10,14H,7,12H2/t10-/m1/s1. The molecule has 2 aromatic rings. The molecule has 3 N–H and O–H groups in total. The van der Waals surface area contributed by atoms with E-state index in [1.54, 1.807) is 6.20 Å². The van der Waals surface area contributed by atoms with Crippen LogP contribution in [0.25, 0.3) is 0 Å². The number of aromatic nitrogens is 2. The first-order valence-corrected chi connectivity index (χ1v) is 4.65. The molecule has 0 saturated heterocycles. The van der Waals surface area contributed by atoms with Gasteiger partial charge in [-0.05, 0) is 23.8 Å². The highest BCUT2D eigenvalue weighted by atomic mass is 14.7. The Morgan fingerprint density at radius 1 is 1.36 bits per heavy atom. The van der Waals surface area contributed by atoms with Gasteiger partial charge in [0.15, 0.2) is 0 Å². The lowest BCUT2D eigenvalue weighted by atomic mass is 9.98. The molecule has 0 aliphatic carbocycles. The summed E-state index contributed by atoms with van der Waals surface area (Å²) in [4.78, 5) is 7.27. The van der Waals surface area contributed by atoms with Crippen LogP contribution in [0.2, 0.25) is 0 Å². The van der Waals surface area contributed by atoms with Crippen LogP contribution in [0, 0.1) is 0 Å². The summed E-state index contributed by atoms with van der Waals surface area (Å²) in [6, 6.07) is 8.01. The number of pyridine rings is 1. The quantitative estimate of drug-likeness (QED) is 0.765. The van der Waals surface area contributed by atoms with Crippen LogP contribution in [-0.4, -0.2) is 16.5 Å². The van der Waals surface area contributed by atoms with Crippen LogP contribution >= 0.6 is 0 Å². The molecule has 0 aromatic carbocycles. The number of hydrogen-bond donors (Lipinski definition) is 2. The van der Waals surface area contributed by atoms with E-state index in [0.717, 1.165) is 11.3 Å². The van der Waals surface area contributed by atoms with Gasteiger partial charge in [-0.25, -0.2) is 0 Å². The summed E-state index contributed by atoms with van der Waals surface area (Å²) in [5.74, 6) is 0.221. The molecule has 0 radical (unpaired) electrons. The molecule has 0 bridgehead atoms. The Morgan fingerprint density at radius 2 is 2.29 bits per heavy atom. The number of nitrogens with zero attached hydrogens (tertiary/aromatic N) is 1. The molecule has 0 amide bonds. The fourth-order valence-electron chi connectivity index (χ4n) is 1.59. The van der Waals surface area contributed by atoms with E-state index in [4.69, 9.17) is 5.73 Å². The Labute approximate surface area is 83.0 Å². The largest absolute Gasteiger partial charge is 0.364 e. The minimum absolute atomic E-state index is 0.221. The van der Waals surface area contributed by atoms with Gasteiger partial charge in [0.2, 0.25) is 0 Å². The van der Waals surface area contributed by atoms with Crippen molar-refractivity contribution < 1.29 is 0 Å². The van der Waals surface area contributed by atoms with E-state index in [-0.39, 0.29) is 5.92 Å². The molecule has 72 valence electrons. The summed E-state index contributed by atoms with van der Waals surface area (Å²) in [7, 11) is 0. The summed E-state index contributed by atoms with van der Waals surface area (Å²) < 4.78 is 0. The van der Waals surface area contributed by atoms with Gasteiger partial charge < -0.3 is 10.7 Å². The number of rotatable bonds is 3. The van der Waals surface area contributed by atoms with E-state index in [9.17, 15) is 0 Å². The zero-order valence-electron chi connectivity index (χ0n) is 7.85. The lowest BCUT2D eigenvalue weighted by Gasteiger charge is -2.12. The summed E-state index contributed by atoms with van der Waals surface area (Å²) >= 11 is 0. The van der Waals surface area contributed by atoms with Gasteiger partial charge in [-0.1, -0.05) is 6.07 Å². The molecule has 1 atom stereocenters. The first-order valence-electron chi connectivity index (χ1n) is 4.65. The Kier molecular flexibility index (Phi) is 2.60. The normalized spacial score (nSPS) is 12.6. The molecule has 2 heterocycles. The number of aromatic amines is 1. The highest BCUT2D eigenvalue weighted by Crippen LogP contribution is 2.20. The van der Waals surface area contributed by atoms with Gasteiger partial charge in [-0.3, -0.25) is 4.98 Å². The van der Waals surface area contributed by atoms with Crippen molar-refractivity contribution >= 4 is 0 Å². The SMILES string of the molecule is NC[C@H](c1cccnc1)c1ccc[nH]1. The van der Waals surface area contributed by atoms with Gasteiger partial charge in [-0.2, -0.15) is 0 Å². The van der Waals surface area contributed by atoms with Gasteiger partial charge in [0.1, 0.15) is 0 Å². The molecule has 3 heteroatoms. The van der Waals surface area contributed by atoms with Gasteiger partial charge in [0.05, 0.1) is 0 Å². The molecule has 0 fully saturated rings. The molecule has 0 aliphatic heterocycles. The van der Waals surface area contributed by atoms with Crippen molar-refractivity contribution in [3.63, 3.8) is 0 Å². The molecule has 3 nitrogen and oxygen atoms in total.